The van der Waals surface area contributed by atoms with Gasteiger partial charge < -0.3 is 15.4 Å². The average Bonchev–Trinajstić information content (AvgIpc) is 2.72. The van der Waals surface area contributed by atoms with Crippen molar-refractivity contribution < 1.29 is 22.7 Å². The van der Waals surface area contributed by atoms with Crippen LogP contribution in [0.1, 0.15) is 59.3 Å². The van der Waals surface area contributed by atoms with Gasteiger partial charge in [-0.05, 0) is 59.4 Å². The molecule has 1 amide bonds. The monoisotopic (exact) mass is 324 g/mol. The molecule has 0 bridgehead atoms. The molecule has 1 fully saturated rings. The van der Waals surface area contributed by atoms with Crippen LogP contribution in [0.5, 0.6) is 0 Å². The quantitative estimate of drug-likeness (QED) is 0.732. The van der Waals surface area contributed by atoms with E-state index in [4.69, 9.17) is 4.74 Å². The molecule has 0 aromatic heterocycles. The number of hydrogen-bond acceptors (Lipinski definition) is 3. The van der Waals surface area contributed by atoms with E-state index in [1.54, 1.807) is 0 Å². The van der Waals surface area contributed by atoms with E-state index in [9.17, 15) is 18.0 Å². The summed E-state index contributed by atoms with van der Waals surface area (Å²) in [5.74, 6) is 0. The fraction of sp³-hybridized carbons (Fsp3) is 0.933. The minimum atomic E-state index is -4.06. The Kier molecular flexibility index (Phi) is 6.97. The summed E-state index contributed by atoms with van der Waals surface area (Å²) >= 11 is 0. The molecule has 0 aliphatic heterocycles. The third-order valence-electron chi connectivity index (χ3n) is 3.47. The molecule has 0 saturated heterocycles. The molecular formula is C15H27F3N2O2. The lowest BCUT2D eigenvalue weighted by atomic mass is 10.2. The number of alkyl halides is 3. The van der Waals surface area contributed by atoms with Crippen LogP contribution in [0.2, 0.25) is 0 Å². The number of hydrogen-bond donors (Lipinski definition) is 2. The summed E-state index contributed by atoms with van der Waals surface area (Å²) in [7, 11) is 0. The van der Waals surface area contributed by atoms with Crippen molar-refractivity contribution in [2.45, 2.75) is 83.2 Å². The van der Waals surface area contributed by atoms with E-state index in [0.717, 1.165) is 19.3 Å². The van der Waals surface area contributed by atoms with E-state index in [2.05, 4.69) is 10.6 Å². The predicted octanol–water partition coefficient (Wildman–Crippen LogP) is 3.75. The zero-order valence-corrected chi connectivity index (χ0v) is 13.6. The highest BCUT2D eigenvalue weighted by Crippen LogP contribution is 2.23. The summed E-state index contributed by atoms with van der Waals surface area (Å²) in [5.41, 5.74) is -0.515. The number of carbonyl (C=O) groups is 1. The summed E-state index contributed by atoms with van der Waals surface area (Å²) in [6.07, 6.45) is -1.96. The third kappa shape index (κ3) is 9.12. The van der Waals surface area contributed by atoms with Gasteiger partial charge in [0.1, 0.15) is 5.60 Å². The van der Waals surface area contributed by atoms with Crippen molar-refractivity contribution in [2.24, 2.45) is 0 Å². The molecule has 0 radical (unpaired) electrons. The van der Waals surface area contributed by atoms with E-state index in [0.29, 0.717) is 13.0 Å². The van der Waals surface area contributed by atoms with Crippen LogP contribution in [0.3, 0.4) is 0 Å². The summed E-state index contributed by atoms with van der Waals surface area (Å²) in [5, 5.41) is 6.10. The molecule has 2 N–H and O–H groups in total. The van der Waals surface area contributed by atoms with E-state index >= 15 is 0 Å². The van der Waals surface area contributed by atoms with Crippen molar-refractivity contribution in [1.82, 2.24) is 10.6 Å². The summed E-state index contributed by atoms with van der Waals surface area (Å²) < 4.78 is 41.2. The molecule has 1 aliphatic rings. The van der Waals surface area contributed by atoms with Crippen LogP contribution in [0.25, 0.3) is 0 Å². The number of amides is 1. The molecule has 2 unspecified atom stereocenters. The molecule has 1 saturated carbocycles. The Hall–Kier alpha value is -0.980. The van der Waals surface area contributed by atoms with Crippen LogP contribution in [0, 0.1) is 0 Å². The third-order valence-corrected chi connectivity index (χ3v) is 3.47. The second-order valence-corrected chi connectivity index (χ2v) is 6.88. The highest BCUT2D eigenvalue weighted by Gasteiger charge is 2.28. The van der Waals surface area contributed by atoms with Crippen molar-refractivity contribution >= 4 is 6.09 Å². The smallest absolute Gasteiger partial charge is 0.407 e. The Morgan fingerprint density at radius 2 is 1.77 bits per heavy atom. The molecule has 1 aliphatic carbocycles. The standard InChI is InChI=1S/C15H27F3N2O2/c1-14(2,3)22-13(21)20-12-7-6-11(10-12)19-9-5-4-8-15(16,17)18/h11-12,19H,4-10H2,1-3H3,(H,20,21). The maximum Gasteiger partial charge on any atom is 0.407 e. The average molecular weight is 324 g/mol. The molecule has 7 heteroatoms. The number of carbonyl (C=O) groups excluding carboxylic acids is 1. The molecular weight excluding hydrogens is 297 g/mol. The second kappa shape index (κ2) is 8.04. The van der Waals surface area contributed by atoms with Gasteiger partial charge in [0.25, 0.3) is 0 Å². The number of unbranched alkanes of at least 4 members (excludes halogenated alkanes) is 1. The normalized spacial score (nSPS) is 22.6. The first-order chi connectivity index (χ1) is 10.1. The van der Waals surface area contributed by atoms with Crippen LogP contribution in [-0.2, 0) is 4.74 Å². The molecule has 0 aromatic carbocycles. The van der Waals surface area contributed by atoms with Crippen molar-refractivity contribution in [3.05, 3.63) is 0 Å². The van der Waals surface area contributed by atoms with Gasteiger partial charge in [0.05, 0.1) is 0 Å². The summed E-state index contributed by atoms with van der Waals surface area (Å²) in [6, 6.07) is 0.327. The lowest BCUT2D eigenvalue weighted by molar-refractivity contribution is -0.135. The lowest BCUT2D eigenvalue weighted by Gasteiger charge is -2.21. The lowest BCUT2D eigenvalue weighted by Crippen LogP contribution is -2.39. The van der Waals surface area contributed by atoms with Crippen LogP contribution in [-0.4, -0.2) is 36.5 Å². The maximum absolute atomic E-state index is 12.0. The molecule has 0 aromatic rings. The van der Waals surface area contributed by atoms with Crippen LogP contribution in [0.4, 0.5) is 18.0 Å². The van der Waals surface area contributed by atoms with Gasteiger partial charge in [-0.15, -0.1) is 0 Å². The fourth-order valence-electron chi connectivity index (χ4n) is 2.53. The zero-order valence-electron chi connectivity index (χ0n) is 13.6. The largest absolute Gasteiger partial charge is 0.444 e. The fourth-order valence-corrected chi connectivity index (χ4v) is 2.53. The Balaban J connectivity index is 2.12. The van der Waals surface area contributed by atoms with E-state index in [-0.39, 0.29) is 18.5 Å². The molecule has 0 heterocycles. The van der Waals surface area contributed by atoms with Gasteiger partial charge in [-0.1, -0.05) is 0 Å². The minimum Gasteiger partial charge on any atom is -0.444 e. The van der Waals surface area contributed by atoms with Gasteiger partial charge in [0.2, 0.25) is 0 Å². The van der Waals surface area contributed by atoms with Gasteiger partial charge in [0, 0.05) is 18.5 Å². The maximum atomic E-state index is 12.0. The molecule has 0 spiro atoms. The first-order valence-electron chi connectivity index (χ1n) is 7.85. The predicted molar refractivity (Wildman–Crippen MR) is 78.7 cm³/mol. The Bertz CT molecular complexity index is 354. The van der Waals surface area contributed by atoms with E-state index < -0.39 is 24.3 Å². The number of nitrogens with one attached hydrogen (secondary N) is 2. The summed E-state index contributed by atoms with van der Waals surface area (Å²) in [4.78, 5) is 11.7. The molecule has 1 rings (SSSR count). The van der Waals surface area contributed by atoms with Crippen molar-refractivity contribution in [3.8, 4) is 0 Å². The topological polar surface area (TPSA) is 50.4 Å². The molecule has 2 atom stereocenters. The molecule has 22 heavy (non-hydrogen) atoms. The summed E-state index contributed by atoms with van der Waals surface area (Å²) in [6.45, 7) is 6.02. The van der Waals surface area contributed by atoms with Gasteiger partial charge in [-0.2, -0.15) is 13.2 Å². The van der Waals surface area contributed by atoms with Crippen LogP contribution < -0.4 is 10.6 Å². The van der Waals surface area contributed by atoms with Gasteiger partial charge in [-0.25, -0.2) is 4.79 Å². The van der Waals surface area contributed by atoms with Gasteiger partial charge >= 0.3 is 12.3 Å². The van der Waals surface area contributed by atoms with Crippen LogP contribution in [0.15, 0.2) is 0 Å². The molecule has 130 valence electrons. The van der Waals surface area contributed by atoms with Crippen molar-refractivity contribution in [3.63, 3.8) is 0 Å². The van der Waals surface area contributed by atoms with Gasteiger partial charge in [0.15, 0.2) is 0 Å². The Morgan fingerprint density at radius 1 is 1.14 bits per heavy atom. The highest BCUT2D eigenvalue weighted by atomic mass is 19.4. The SMILES string of the molecule is CC(C)(C)OC(=O)NC1CCC(NCCCCC(F)(F)F)C1. The van der Waals surface area contributed by atoms with E-state index in [1.807, 2.05) is 20.8 Å². The highest BCUT2D eigenvalue weighted by molar-refractivity contribution is 5.68. The number of alkyl carbamates (subject to hydrolysis) is 1. The Morgan fingerprint density at radius 3 is 2.36 bits per heavy atom. The first kappa shape index (κ1) is 19.1. The minimum absolute atomic E-state index is 0.0718. The Labute approximate surface area is 130 Å². The number of ether oxygens (including phenoxy) is 1. The second-order valence-electron chi connectivity index (χ2n) is 6.88. The van der Waals surface area contributed by atoms with Crippen LogP contribution >= 0.6 is 0 Å². The molecule has 4 nitrogen and oxygen atoms in total. The van der Waals surface area contributed by atoms with Crippen molar-refractivity contribution in [2.75, 3.05) is 6.54 Å². The first-order valence-corrected chi connectivity index (χ1v) is 7.85. The zero-order chi connectivity index (χ0) is 16.8. The van der Waals surface area contributed by atoms with Gasteiger partial charge in [-0.3, -0.25) is 0 Å². The van der Waals surface area contributed by atoms with Crippen molar-refractivity contribution in [1.29, 1.82) is 0 Å². The number of rotatable bonds is 6. The number of halogens is 3. The van der Waals surface area contributed by atoms with E-state index in [1.165, 1.54) is 0 Å².